The topological polar surface area (TPSA) is 74.6 Å². The number of nitrogens with zero attached hydrogens (tertiary/aromatic N) is 2. The lowest BCUT2D eigenvalue weighted by atomic mass is 9.86. The Morgan fingerprint density at radius 2 is 2.06 bits per heavy atom. The molecule has 2 N–H and O–H groups in total. The van der Waals surface area contributed by atoms with Crippen LogP contribution in [0.25, 0.3) is 5.57 Å². The monoisotopic (exact) mass is 453 g/mol. The molecule has 0 saturated carbocycles. The van der Waals surface area contributed by atoms with Gasteiger partial charge in [-0.15, -0.1) is 0 Å². The van der Waals surface area contributed by atoms with E-state index in [9.17, 15) is 27.9 Å². The zero-order chi connectivity index (χ0) is 23.0. The number of halogens is 3. The zero-order valence-corrected chi connectivity index (χ0v) is 18.2. The summed E-state index contributed by atoms with van der Waals surface area (Å²) in [5.41, 5.74) is 2.05. The molecule has 1 amide bonds. The Morgan fingerprint density at radius 3 is 2.69 bits per heavy atom. The average Bonchev–Trinajstić information content (AvgIpc) is 2.98. The number of hydrogen-bond acceptors (Lipinski definition) is 4. The molecule has 1 aliphatic carbocycles. The van der Waals surface area contributed by atoms with Gasteiger partial charge in [-0.1, -0.05) is 6.08 Å². The lowest BCUT2D eigenvalue weighted by Crippen LogP contribution is -2.47. The number of allylic oxidation sites excluding steroid dienone is 2. The highest BCUT2D eigenvalue weighted by Crippen LogP contribution is 2.48. The third kappa shape index (κ3) is 4.12. The van der Waals surface area contributed by atoms with Gasteiger partial charge in [0.25, 0.3) is 5.56 Å². The standard InChI is InChI=1S/C23H30F3N3O3/c1-2-27-21(31)19-16(13-30)18-12-29-17(20(19)28(18)11-10-23(24,25)26)9-8-15(22(29)32)14-6-4-3-5-7-14/h6,8-9,16,18-20,30H,2-5,7,10-13H2,1H3,(H,27,31)/t16-,18-,19+,20+/m0/s1. The maximum atomic E-state index is 13.4. The van der Waals surface area contributed by atoms with Crippen molar-refractivity contribution < 1.29 is 23.1 Å². The Morgan fingerprint density at radius 1 is 1.28 bits per heavy atom. The Labute approximate surface area is 185 Å². The van der Waals surface area contributed by atoms with Crippen LogP contribution in [0.2, 0.25) is 0 Å². The summed E-state index contributed by atoms with van der Waals surface area (Å²) in [6.07, 6.45) is 0.641. The molecule has 2 bridgehead atoms. The first-order valence-electron chi connectivity index (χ1n) is 11.4. The Kier molecular flexibility index (Phi) is 6.49. The minimum absolute atomic E-state index is 0.158. The van der Waals surface area contributed by atoms with Crippen LogP contribution >= 0.6 is 0 Å². The summed E-state index contributed by atoms with van der Waals surface area (Å²) in [6.45, 7) is 1.73. The summed E-state index contributed by atoms with van der Waals surface area (Å²) in [4.78, 5) is 28.0. The number of fused-ring (bicyclic) bond motifs is 4. The molecule has 4 rings (SSSR count). The van der Waals surface area contributed by atoms with Gasteiger partial charge in [0.1, 0.15) is 0 Å². The molecule has 1 saturated heterocycles. The Balaban J connectivity index is 1.78. The van der Waals surface area contributed by atoms with E-state index in [2.05, 4.69) is 11.4 Å². The lowest BCUT2D eigenvalue weighted by molar-refractivity contribution is -0.140. The number of rotatable bonds is 6. The van der Waals surface area contributed by atoms with Gasteiger partial charge in [0, 0.05) is 49.5 Å². The van der Waals surface area contributed by atoms with Gasteiger partial charge in [0.15, 0.2) is 0 Å². The molecule has 32 heavy (non-hydrogen) atoms. The Hall–Kier alpha value is -2.13. The van der Waals surface area contributed by atoms with Crippen molar-refractivity contribution in [1.29, 1.82) is 0 Å². The highest BCUT2D eigenvalue weighted by molar-refractivity contribution is 5.80. The number of aliphatic hydroxyl groups is 1. The van der Waals surface area contributed by atoms with Crippen LogP contribution in [0.5, 0.6) is 0 Å². The number of nitrogens with one attached hydrogen (secondary N) is 1. The molecule has 9 heteroatoms. The molecule has 6 nitrogen and oxygen atoms in total. The van der Waals surface area contributed by atoms with E-state index >= 15 is 0 Å². The van der Waals surface area contributed by atoms with Crippen molar-refractivity contribution >= 4 is 11.5 Å². The molecular formula is C23H30F3N3O3. The molecule has 3 aliphatic rings. The first-order chi connectivity index (χ1) is 15.3. The second-order valence-electron chi connectivity index (χ2n) is 8.94. The molecule has 0 aromatic carbocycles. The number of carbonyl (C=O) groups is 1. The molecule has 3 heterocycles. The summed E-state index contributed by atoms with van der Waals surface area (Å²) >= 11 is 0. The van der Waals surface area contributed by atoms with Gasteiger partial charge in [-0.05, 0) is 50.3 Å². The highest BCUT2D eigenvalue weighted by Gasteiger charge is 2.56. The second kappa shape index (κ2) is 9.02. The van der Waals surface area contributed by atoms with E-state index in [1.807, 2.05) is 0 Å². The van der Waals surface area contributed by atoms with Crippen LogP contribution < -0.4 is 10.9 Å². The number of carbonyl (C=O) groups excluding carboxylic acids is 1. The van der Waals surface area contributed by atoms with Crippen LogP contribution in [-0.4, -0.2) is 52.4 Å². The summed E-state index contributed by atoms with van der Waals surface area (Å²) in [7, 11) is 0. The van der Waals surface area contributed by atoms with Gasteiger partial charge in [-0.25, -0.2) is 0 Å². The second-order valence-corrected chi connectivity index (χ2v) is 8.94. The molecule has 1 aromatic heterocycles. The quantitative estimate of drug-likeness (QED) is 0.695. The van der Waals surface area contributed by atoms with Crippen molar-refractivity contribution in [2.75, 3.05) is 19.7 Å². The summed E-state index contributed by atoms with van der Waals surface area (Å²) in [5, 5.41) is 12.9. The molecule has 176 valence electrons. The first kappa shape index (κ1) is 23.0. The van der Waals surface area contributed by atoms with Gasteiger partial charge < -0.3 is 15.0 Å². The van der Waals surface area contributed by atoms with E-state index < -0.39 is 36.5 Å². The number of hydrogen-bond donors (Lipinski definition) is 2. The largest absolute Gasteiger partial charge is 0.396 e. The van der Waals surface area contributed by atoms with Crippen LogP contribution in [0.3, 0.4) is 0 Å². The predicted octanol–water partition coefficient (Wildman–Crippen LogP) is 2.86. The van der Waals surface area contributed by atoms with Gasteiger partial charge in [0.2, 0.25) is 5.91 Å². The third-order valence-corrected chi connectivity index (χ3v) is 7.11. The van der Waals surface area contributed by atoms with Crippen molar-refractivity contribution in [3.63, 3.8) is 0 Å². The van der Waals surface area contributed by atoms with Crippen LogP contribution in [0.15, 0.2) is 23.0 Å². The molecule has 1 aromatic rings. The molecule has 0 radical (unpaired) electrons. The van der Waals surface area contributed by atoms with E-state index in [1.54, 1.807) is 28.5 Å². The zero-order valence-electron chi connectivity index (χ0n) is 18.2. The van der Waals surface area contributed by atoms with E-state index in [1.165, 1.54) is 0 Å². The summed E-state index contributed by atoms with van der Waals surface area (Å²) < 4.78 is 40.8. The normalized spacial score (nSPS) is 27.7. The van der Waals surface area contributed by atoms with Crippen molar-refractivity contribution in [2.24, 2.45) is 11.8 Å². The van der Waals surface area contributed by atoms with Crippen molar-refractivity contribution in [2.45, 2.75) is 63.8 Å². The fourth-order valence-corrected chi connectivity index (χ4v) is 5.71. The molecule has 0 spiro atoms. The number of pyridine rings is 1. The number of aromatic nitrogens is 1. The van der Waals surface area contributed by atoms with E-state index in [0.717, 1.165) is 31.3 Å². The first-order valence-corrected chi connectivity index (χ1v) is 11.4. The van der Waals surface area contributed by atoms with Gasteiger partial charge >= 0.3 is 6.18 Å². The van der Waals surface area contributed by atoms with E-state index in [4.69, 9.17) is 0 Å². The van der Waals surface area contributed by atoms with Crippen LogP contribution in [0.4, 0.5) is 13.2 Å². The van der Waals surface area contributed by atoms with Gasteiger partial charge in [0.05, 0.1) is 18.4 Å². The van der Waals surface area contributed by atoms with E-state index in [-0.39, 0.29) is 31.2 Å². The minimum atomic E-state index is -4.33. The fourth-order valence-electron chi connectivity index (χ4n) is 5.71. The van der Waals surface area contributed by atoms with Crippen LogP contribution in [-0.2, 0) is 11.3 Å². The summed E-state index contributed by atoms with van der Waals surface area (Å²) in [5.74, 6) is -1.56. The van der Waals surface area contributed by atoms with Crippen LogP contribution in [0, 0.1) is 11.8 Å². The van der Waals surface area contributed by atoms with E-state index in [0.29, 0.717) is 17.8 Å². The lowest BCUT2D eigenvalue weighted by Gasteiger charge is -2.38. The number of aliphatic hydroxyl groups excluding tert-OH is 1. The number of alkyl halides is 3. The minimum Gasteiger partial charge on any atom is -0.396 e. The smallest absolute Gasteiger partial charge is 0.390 e. The predicted molar refractivity (Wildman–Crippen MR) is 114 cm³/mol. The molecular weight excluding hydrogens is 423 g/mol. The average molecular weight is 454 g/mol. The molecule has 1 fully saturated rings. The fraction of sp³-hybridized carbons (Fsp3) is 0.652. The molecule has 2 aliphatic heterocycles. The van der Waals surface area contributed by atoms with Crippen LogP contribution in [0.1, 0.15) is 56.3 Å². The molecule has 0 unspecified atom stereocenters. The number of amides is 1. The third-order valence-electron chi connectivity index (χ3n) is 7.11. The maximum absolute atomic E-state index is 13.4. The van der Waals surface area contributed by atoms with Crippen molar-refractivity contribution in [1.82, 2.24) is 14.8 Å². The van der Waals surface area contributed by atoms with Gasteiger partial charge in [-0.2, -0.15) is 13.2 Å². The highest BCUT2D eigenvalue weighted by atomic mass is 19.4. The van der Waals surface area contributed by atoms with Crippen molar-refractivity contribution in [3.8, 4) is 0 Å². The van der Waals surface area contributed by atoms with Gasteiger partial charge in [-0.3, -0.25) is 14.5 Å². The molecule has 4 atom stereocenters. The maximum Gasteiger partial charge on any atom is 0.390 e. The summed E-state index contributed by atoms with van der Waals surface area (Å²) in [6, 6.07) is 2.36. The van der Waals surface area contributed by atoms with Crippen molar-refractivity contribution in [3.05, 3.63) is 39.8 Å². The SMILES string of the molecule is CCNC(=O)[C@@H]1[C@@H](CO)[C@@H]2Cn3c(ccc(C4=CCCCC4)c3=O)[C@H]1N2CCC(F)(F)F. The Bertz CT molecular complexity index is 956.